The number of imide groups is 1. The van der Waals surface area contributed by atoms with Gasteiger partial charge in [-0.1, -0.05) is 0 Å². The summed E-state index contributed by atoms with van der Waals surface area (Å²) in [6.07, 6.45) is 5.39. The summed E-state index contributed by atoms with van der Waals surface area (Å²) >= 11 is 0. The Kier molecular flexibility index (Phi) is 4.03. The number of aliphatic hydroxyl groups is 1. The molecule has 10 heteroatoms. The molecule has 2 aliphatic rings. The molecule has 2 aromatic rings. The van der Waals surface area contributed by atoms with Crippen LogP contribution < -0.4 is 16.0 Å². The van der Waals surface area contributed by atoms with Gasteiger partial charge in [-0.05, 0) is 25.8 Å². The lowest BCUT2D eigenvalue weighted by atomic mass is 10.1. The van der Waals surface area contributed by atoms with E-state index in [4.69, 9.17) is 0 Å². The summed E-state index contributed by atoms with van der Waals surface area (Å²) in [6.45, 7) is 1.76. The minimum atomic E-state index is -0.396. The molecule has 0 radical (unpaired) electrons. The Labute approximate surface area is 148 Å². The van der Waals surface area contributed by atoms with Crippen molar-refractivity contribution >= 4 is 35.4 Å². The van der Waals surface area contributed by atoms with Crippen molar-refractivity contribution in [2.75, 3.05) is 17.2 Å². The van der Waals surface area contributed by atoms with Gasteiger partial charge in [0.05, 0.1) is 19.2 Å². The first-order chi connectivity index (χ1) is 12.5. The van der Waals surface area contributed by atoms with E-state index in [0.717, 1.165) is 12.8 Å². The van der Waals surface area contributed by atoms with Crippen LogP contribution in [0.25, 0.3) is 11.7 Å². The largest absolute Gasteiger partial charge is 0.394 e. The van der Waals surface area contributed by atoms with Crippen LogP contribution in [-0.4, -0.2) is 55.2 Å². The lowest BCUT2D eigenvalue weighted by Gasteiger charge is -2.13. The Morgan fingerprint density at radius 3 is 2.88 bits per heavy atom. The second-order valence-electron chi connectivity index (χ2n) is 6.58. The summed E-state index contributed by atoms with van der Waals surface area (Å²) in [5, 5.41) is 22.2. The van der Waals surface area contributed by atoms with Gasteiger partial charge >= 0.3 is 0 Å². The molecule has 4 N–H and O–H groups in total. The summed E-state index contributed by atoms with van der Waals surface area (Å²) in [5.41, 5.74) is 1.50. The highest BCUT2D eigenvalue weighted by Crippen LogP contribution is 2.26. The van der Waals surface area contributed by atoms with Crippen LogP contribution in [0.2, 0.25) is 0 Å². The molecule has 136 valence electrons. The van der Waals surface area contributed by atoms with Crippen molar-refractivity contribution < 1.29 is 14.7 Å². The molecule has 0 spiro atoms. The number of hydrogen-bond donors (Lipinski definition) is 4. The summed E-state index contributed by atoms with van der Waals surface area (Å²) in [6, 6.07) is 0.148. The normalized spacial score (nSPS) is 19.8. The van der Waals surface area contributed by atoms with Crippen LogP contribution in [0, 0.1) is 0 Å². The maximum atomic E-state index is 11.8. The third kappa shape index (κ3) is 3.23. The van der Waals surface area contributed by atoms with Gasteiger partial charge in [0, 0.05) is 23.2 Å². The fourth-order valence-corrected chi connectivity index (χ4v) is 2.64. The topological polar surface area (TPSA) is 134 Å². The number of aliphatic hydroxyl groups excluding tert-OH is 1. The average Bonchev–Trinajstić information content (AvgIpc) is 3.24. The minimum Gasteiger partial charge on any atom is -0.394 e. The third-order valence-electron chi connectivity index (χ3n) is 4.18. The fourth-order valence-electron chi connectivity index (χ4n) is 2.64. The molecular weight excluding hydrogens is 338 g/mol. The van der Waals surface area contributed by atoms with Crippen molar-refractivity contribution in [1.29, 1.82) is 0 Å². The average molecular weight is 357 g/mol. The molecule has 1 aliphatic carbocycles. The maximum absolute atomic E-state index is 11.8. The molecule has 4 rings (SSSR count). The summed E-state index contributed by atoms with van der Waals surface area (Å²) in [4.78, 5) is 32.1. The molecule has 0 bridgehead atoms. The summed E-state index contributed by atoms with van der Waals surface area (Å²) in [7, 11) is 0. The number of fused-ring (bicyclic) bond motifs is 1. The zero-order chi connectivity index (χ0) is 18.3. The van der Waals surface area contributed by atoms with Gasteiger partial charge in [0.1, 0.15) is 0 Å². The Bertz CT molecular complexity index is 916. The van der Waals surface area contributed by atoms with Gasteiger partial charge in [-0.2, -0.15) is 19.6 Å². The van der Waals surface area contributed by atoms with Crippen molar-refractivity contribution in [2.45, 2.75) is 38.3 Å². The quantitative estimate of drug-likeness (QED) is 0.417. The van der Waals surface area contributed by atoms with Gasteiger partial charge in [-0.3, -0.25) is 14.9 Å². The molecule has 1 saturated carbocycles. The number of nitrogens with zero attached hydrogens (tertiary/aromatic N) is 4. The molecule has 1 saturated heterocycles. The van der Waals surface area contributed by atoms with E-state index >= 15 is 0 Å². The molecule has 2 fully saturated rings. The highest BCUT2D eigenvalue weighted by molar-refractivity contribution is 6.15. The smallest absolute Gasteiger partial charge is 0.254 e. The van der Waals surface area contributed by atoms with Crippen LogP contribution in [-0.2, 0) is 9.59 Å². The SMILES string of the molecule is CC(CO)Nc1nc(NC2CC2)n2ncc(/C=C3\CC(=O)NC3=O)c2n1. The van der Waals surface area contributed by atoms with E-state index in [1.807, 2.05) is 6.92 Å². The number of aromatic nitrogens is 4. The highest BCUT2D eigenvalue weighted by Gasteiger charge is 2.26. The van der Waals surface area contributed by atoms with Crippen molar-refractivity contribution in [3.63, 3.8) is 0 Å². The Morgan fingerprint density at radius 1 is 1.42 bits per heavy atom. The molecule has 1 unspecified atom stereocenters. The van der Waals surface area contributed by atoms with Crippen LogP contribution in [0.1, 0.15) is 31.7 Å². The van der Waals surface area contributed by atoms with Crippen molar-refractivity contribution in [2.24, 2.45) is 0 Å². The van der Waals surface area contributed by atoms with Gasteiger partial charge in [0.2, 0.25) is 17.8 Å². The molecule has 0 aromatic carbocycles. The second-order valence-corrected chi connectivity index (χ2v) is 6.58. The van der Waals surface area contributed by atoms with Crippen molar-refractivity contribution in [1.82, 2.24) is 24.9 Å². The second kappa shape index (κ2) is 6.37. The Morgan fingerprint density at radius 2 is 2.23 bits per heavy atom. The minimum absolute atomic E-state index is 0.0427. The molecule has 1 aliphatic heterocycles. The first-order valence-electron chi connectivity index (χ1n) is 8.48. The lowest BCUT2D eigenvalue weighted by molar-refractivity contribution is -0.124. The molecule has 10 nitrogen and oxygen atoms in total. The highest BCUT2D eigenvalue weighted by atomic mass is 16.3. The van der Waals surface area contributed by atoms with Crippen LogP contribution >= 0.6 is 0 Å². The van der Waals surface area contributed by atoms with Crippen LogP contribution in [0.5, 0.6) is 0 Å². The van der Waals surface area contributed by atoms with E-state index in [9.17, 15) is 14.7 Å². The number of amides is 2. The number of rotatable bonds is 6. The molecule has 26 heavy (non-hydrogen) atoms. The van der Waals surface area contributed by atoms with E-state index in [1.54, 1.807) is 16.8 Å². The Balaban J connectivity index is 1.76. The molecule has 2 amide bonds. The van der Waals surface area contributed by atoms with E-state index in [-0.39, 0.29) is 25.0 Å². The summed E-state index contributed by atoms with van der Waals surface area (Å²) in [5.74, 6) is 0.186. The van der Waals surface area contributed by atoms with Crippen molar-refractivity contribution in [3.05, 3.63) is 17.3 Å². The number of anilines is 2. The number of hydrogen-bond acceptors (Lipinski definition) is 8. The number of carbonyl (C=O) groups excluding carboxylic acids is 2. The predicted octanol–water partition coefficient (Wildman–Crippen LogP) is -0.0788. The zero-order valence-electron chi connectivity index (χ0n) is 14.2. The number of carbonyl (C=O) groups is 2. The predicted molar refractivity (Wildman–Crippen MR) is 93.3 cm³/mol. The van der Waals surface area contributed by atoms with Crippen LogP contribution in [0.15, 0.2) is 11.8 Å². The van der Waals surface area contributed by atoms with Gasteiger partial charge < -0.3 is 15.7 Å². The first-order valence-corrected chi connectivity index (χ1v) is 8.48. The zero-order valence-corrected chi connectivity index (χ0v) is 14.2. The lowest BCUT2D eigenvalue weighted by Crippen LogP contribution is -2.22. The van der Waals surface area contributed by atoms with E-state index in [1.165, 1.54) is 0 Å². The standard InChI is InChI=1S/C16H19N7O3/c1-8(7-24)18-15-21-13-10(4-9-5-12(25)20-14(9)26)6-17-23(13)16(22-15)19-11-2-3-11/h4,6,8,11,24H,2-3,5,7H2,1H3,(H,20,25,26)(H2,18,19,21,22)/b9-4+. The monoisotopic (exact) mass is 357 g/mol. The van der Waals surface area contributed by atoms with Gasteiger partial charge in [0.25, 0.3) is 5.91 Å². The van der Waals surface area contributed by atoms with Crippen molar-refractivity contribution in [3.8, 4) is 0 Å². The molecule has 1 atom stereocenters. The third-order valence-corrected chi connectivity index (χ3v) is 4.18. The maximum Gasteiger partial charge on any atom is 0.254 e. The molecular formula is C16H19N7O3. The van der Waals surface area contributed by atoms with Crippen LogP contribution in [0.4, 0.5) is 11.9 Å². The van der Waals surface area contributed by atoms with E-state index in [0.29, 0.717) is 34.7 Å². The van der Waals surface area contributed by atoms with Crippen LogP contribution in [0.3, 0.4) is 0 Å². The first kappa shape index (κ1) is 16.5. The Hall–Kier alpha value is -3.01. The van der Waals surface area contributed by atoms with Gasteiger partial charge in [-0.15, -0.1) is 0 Å². The van der Waals surface area contributed by atoms with Gasteiger partial charge in [0.15, 0.2) is 5.65 Å². The number of nitrogens with one attached hydrogen (secondary N) is 3. The van der Waals surface area contributed by atoms with E-state index in [2.05, 4.69) is 31.0 Å². The van der Waals surface area contributed by atoms with Gasteiger partial charge in [-0.25, -0.2) is 0 Å². The molecule has 3 heterocycles. The fraction of sp³-hybridized carbons (Fsp3) is 0.438. The molecule has 2 aromatic heterocycles. The van der Waals surface area contributed by atoms with E-state index < -0.39 is 5.91 Å². The summed E-state index contributed by atoms with van der Waals surface area (Å²) < 4.78 is 1.58.